The van der Waals surface area contributed by atoms with Crippen molar-refractivity contribution in [2.75, 3.05) is 0 Å². The fourth-order valence-corrected chi connectivity index (χ4v) is 1.27. The molecule has 1 atom stereocenters. The van der Waals surface area contributed by atoms with Gasteiger partial charge >= 0.3 is 5.97 Å². The predicted molar refractivity (Wildman–Crippen MR) is 43.2 cm³/mol. The molecule has 1 unspecified atom stereocenters. The van der Waals surface area contributed by atoms with Gasteiger partial charge < -0.3 is 15.3 Å². The summed E-state index contributed by atoms with van der Waals surface area (Å²) in [6.45, 7) is 0. The van der Waals surface area contributed by atoms with E-state index in [9.17, 15) is 4.79 Å². The number of aliphatic carboxylic acids is 1. The minimum absolute atomic E-state index is 0.697. The molecule has 0 bridgehead atoms. The Bertz CT molecular complexity index is 203. The summed E-state index contributed by atoms with van der Waals surface area (Å²) < 4.78 is -0.697. The van der Waals surface area contributed by atoms with E-state index in [-0.39, 0.29) is 0 Å². The molecule has 0 saturated carbocycles. The summed E-state index contributed by atoms with van der Waals surface area (Å²) in [5.74, 6) is -1.59. The van der Waals surface area contributed by atoms with Crippen molar-refractivity contribution in [1.82, 2.24) is 0 Å². The van der Waals surface area contributed by atoms with Crippen molar-refractivity contribution in [3.05, 3.63) is 10.1 Å². The minimum Gasteiger partial charge on any atom is -0.478 e. The highest BCUT2D eigenvalue weighted by molar-refractivity contribution is 7.18. The van der Waals surface area contributed by atoms with Crippen molar-refractivity contribution in [1.29, 1.82) is 0 Å². The number of hydrogen-bond donors (Lipinski definition) is 3. The van der Waals surface area contributed by atoms with E-state index in [1.807, 2.05) is 0 Å². The zero-order valence-corrected chi connectivity index (χ0v) is 7.75. The lowest BCUT2D eigenvalue weighted by molar-refractivity contribution is -0.138. The summed E-state index contributed by atoms with van der Waals surface area (Å²) in [6.07, 6.45) is 0. The molecule has 3 N–H and O–H groups in total. The maximum atomic E-state index is 10.2. The number of aliphatic hydroxyl groups is 2. The first-order valence-corrected chi connectivity index (χ1v) is 3.62. The van der Waals surface area contributed by atoms with E-state index in [1.165, 1.54) is 9.24 Å². The summed E-state index contributed by atoms with van der Waals surface area (Å²) in [6, 6.07) is 0. The normalized spacial score (nSPS) is 11.0. The molecule has 0 amide bonds. The summed E-state index contributed by atoms with van der Waals surface area (Å²) in [7, 11) is 1.47. The van der Waals surface area contributed by atoms with Gasteiger partial charge in [-0.1, -0.05) is 32.4 Å². The van der Waals surface area contributed by atoms with E-state index in [1.54, 1.807) is 0 Å². The Morgan fingerprint density at radius 1 is 1.36 bits per heavy atom. The van der Waals surface area contributed by atoms with Crippen LogP contribution in [0.2, 0.25) is 0 Å². The first-order chi connectivity index (χ1) is 4.76. The largest absolute Gasteiger partial charge is 0.478 e. The van der Waals surface area contributed by atoms with Gasteiger partial charge in [0.25, 0.3) is 0 Å². The second-order valence-electron chi connectivity index (χ2n) is 1.67. The maximum Gasteiger partial charge on any atom is 0.339 e. The van der Waals surface area contributed by atoms with Crippen LogP contribution in [0.4, 0.5) is 0 Å². The Morgan fingerprint density at radius 2 is 1.73 bits per heavy atom. The van der Waals surface area contributed by atoms with Gasteiger partial charge in [0.1, 0.15) is 10.1 Å². The fraction of sp³-hybridized carbons (Fsp3) is 0.250. The third kappa shape index (κ3) is 3.36. The molecule has 0 aromatic carbocycles. The standard InChI is InChI=1S/C4H5Cl2O4P/c5-2(6)1(3(7)8)4(9,10)11/h9-10H,11H2,(H,7,8). The molecule has 0 saturated heterocycles. The van der Waals surface area contributed by atoms with Gasteiger partial charge in [-0.2, -0.15) is 0 Å². The van der Waals surface area contributed by atoms with Crippen molar-refractivity contribution < 1.29 is 20.1 Å². The van der Waals surface area contributed by atoms with Gasteiger partial charge in [-0.3, -0.25) is 0 Å². The lowest BCUT2D eigenvalue weighted by atomic mass is 10.3. The Morgan fingerprint density at radius 3 is 1.73 bits per heavy atom. The molecule has 0 aliphatic heterocycles. The van der Waals surface area contributed by atoms with Gasteiger partial charge in [0.2, 0.25) is 5.53 Å². The first kappa shape index (κ1) is 11.1. The van der Waals surface area contributed by atoms with Gasteiger partial charge in [-0.25, -0.2) is 4.79 Å². The highest BCUT2D eigenvalue weighted by atomic mass is 35.5. The van der Waals surface area contributed by atoms with Gasteiger partial charge in [0, 0.05) is 0 Å². The number of carboxylic acids is 1. The Balaban J connectivity index is 4.96. The molecule has 0 rings (SSSR count). The van der Waals surface area contributed by atoms with Crippen LogP contribution in [0.3, 0.4) is 0 Å². The van der Waals surface area contributed by atoms with Crippen LogP contribution in [0, 0.1) is 0 Å². The van der Waals surface area contributed by atoms with Crippen LogP contribution in [0.1, 0.15) is 0 Å². The lowest BCUT2D eigenvalue weighted by Crippen LogP contribution is -2.27. The Kier molecular flexibility index (Phi) is 3.74. The molecule has 0 aromatic rings. The van der Waals surface area contributed by atoms with Crippen LogP contribution in [-0.4, -0.2) is 26.8 Å². The van der Waals surface area contributed by atoms with Crippen LogP contribution < -0.4 is 0 Å². The van der Waals surface area contributed by atoms with Gasteiger partial charge in [-0.15, -0.1) is 0 Å². The number of carbonyl (C=O) groups is 1. The average Bonchev–Trinajstić information content (AvgIpc) is 1.54. The Hall–Kier alpha value is 0.140. The van der Waals surface area contributed by atoms with E-state index in [4.69, 9.17) is 38.5 Å². The molecule has 11 heavy (non-hydrogen) atoms. The number of carboxylic acid groups (broad SMARTS) is 1. The SMILES string of the molecule is O=C(O)C(=C(Cl)Cl)C(O)(O)P. The maximum absolute atomic E-state index is 10.2. The number of rotatable bonds is 2. The van der Waals surface area contributed by atoms with E-state index >= 15 is 0 Å². The van der Waals surface area contributed by atoms with E-state index in [2.05, 4.69) is 0 Å². The van der Waals surface area contributed by atoms with Crippen LogP contribution in [0.15, 0.2) is 10.1 Å². The molecular weight excluding hydrogens is 214 g/mol. The van der Waals surface area contributed by atoms with Gasteiger partial charge in [0.05, 0.1) is 0 Å². The zero-order valence-electron chi connectivity index (χ0n) is 5.08. The second-order valence-corrected chi connectivity index (χ2v) is 3.42. The third-order valence-electron chi connectivity index (χ3n) is 0.771. The molecule has 7 heteroatoms. The molecule has 4 nitrogen and oxygen atoms in total. The molecule has 0 radical (unpaired) electrons. The smallest absolute Gasteiger partial charge is 0.339 e. The van der Waals surface area contributed by atoms with Crippen LogP contribution in [0.25, 0.3) is 0 Å². The minimum atomic E-state index is -2.61. The van der Waals surface area contributed by atoms with Gasteiger partial charge in [0.15, 0.2) is 0 Å². The summed E-state index contributed by atoms with van der Waals surface area (Å²) >= 11 is 10.1. The highest BCUT2D eigenvalue weighted by Gasteiger charge is 2.31. The number of hydrogen-bond acceptors (Lipinski definition) is 3. The monoisotopic (exact) mass is 218 g/mol. The van der Waals surface area contributed by atoms with Crippen LogP contribution in [-0.2, 0) is 4.79 Å². The first-order valence-electron chi connectivity index (χ1n) is 2.29. The molecule has 0 aliphatic carbocycles. The molecular formula is C4H5Cl2O4P. The molecule has 0 aliphatic rings. The highest BCUT2D eigenvalue weighted by Crippen LogP contribution is 2.28. The molecule has 0 aromatic heterocycles. The Labute approximate surface area is 74.6 Å². The van der Waals surface area contributed by atoms with Crippen LogP contribution in [0.5, 0.6) is 0 Å². The van der Waals surface area contributed by atoms with Crippen molar-refractivity contribution >= 4 is 38.4 Å². The molecule has 64 valence electrons. The fourth-order valence-electron chi connectivity index (χ4n) is 0.377. The topological polar surface area (TPSA) is 77.8 Å². The van der Waals surface area contributed by atoms with Gasteiger partial charge in [-0.05, 0) is 0 Å². The van der Waals surface area contributed by atoms with E-state index in [0.29, 0.717) is 0 Å². The van der Waals surface area contributed by atoms with Crippen molar-refractivity contribution in [3.63, 3.8) is 0 Å². The zero-order chi connectivity index (χ0) is 9.23. The predicted octanol–water partition coefficient (Wildman–Crippen LogP) is 0.274. The summed E-state index contributed by atoms with van der Waals surface area (Å²) in [4.78, 5) is 10.2. The molecule has 0 fully saturated rings. The quantitative estimate of drug-likeness (QED) is 0.354. The van der Waals surface area contributed by atoms with E-state index < -0.39 is 21.6 Å². The van der Waals surface area contributed by atoms with Crippen molar-refractivity contribution in [2.45, 2.75) is 5.53 Å². The average molecular weight is 219 g/mol. The molecule has 0 heterocycles. The lowest BCUT2D eigenvalue weighted by Gasteiger charge is -2.15. The van der Waals surface area contributed by atoms with Crippen molar-refractivity contribution in [2.24, 2.45) is 0 Å². The van der Waals surface area contributed by atoms with Crippen LogP contribution >= 0.6 is 32.4 Å². The second kappa shape index (κ2) is 3.70. The molecule has 0 spiro atoms. The van der Waals surface area contributed by atoms with E-state index in [0.717, 1.165) is 0 Å². The number of halogens is 2. The third-order valence-corrected chi connectivity index (χ3v) is 1.44. The summed E-state index contributed by atoms with van der Waals surface area (Å²) in [5.41, 5.74) is -3.49. The summed E-state index contributed by atoms with van der Waals surface area (Å²) in [5, 5.41) is 25.8. The van der Waals surface area contributed by atoms with Crippen molar-refractivity contribution in [3.8, 4) is 0 Å².